The van der Waals surface area contributed by atoms with E-state index in [0.29, 0.717) is 33.5 Å². The second kappa shape index (κ2) is 9.38. The van der Waals surface area contributed by atoms with Gasteiger partial charge in [-0.25, -0.2) is 4.39 Å². The second-order valence-electron chi connectivity index (χ2n) is 6.12. The molecule has 0 atom stereocenters. The van der Waals surface area contributed by atoms with Crippen LogP contribution < -0.4 is 14.8 Å². The molecule has 0 bridgehead atoms. The molecule has 2 aromatic carbocycles. The summed E-state index contributed by atoms with van der Waals surface area (Å²) in [7, 11) is 3.18. The fraction of sp³-hybridized carbons (Fsp3) is 0.190. The van der Waals surface area contributed by atoms with Gasteiger partial charge in [-0.05, 0) is 55.0 Å². The first kappa shape index (κ1) is 20.6. The minimum absolute atomic E-state index is 0.131. The molecule has 0 aliphatic carbocycles. The van der Waals surface area contributed by atoms with E-state index >= 15 is 0 Å². The van der Waals surface area contributed by atoms with Crippen LogP contribution in [0.5, 0.6) is 11.5 Å². The summed E-state index contributed by atoms with van der Waals surface area (Å²) in [6.45, 7) is 1.67. The first-order valence-corrected chi connectivity index (χ1v) is 9.73. The van der Waals surface area contributed by atoms with Gasteiger partial charge in [0.1, 0.15) is 22.3 Å². The summed E-state index contributed by atoms with van der Waals surface area (Å²) < 4.78 is 24.2. The van der Waals surface area contributed by atoms with E-state index < -0.39 is 0 Å². The zero-order valence-electron chi connectivity index (χ0n) is 16.2. The molecule has 0 fully saturated rings. The van der Waals surface area contributed by atoms with Crippen LogP contribution in [0.2, 0.25) is 0 Å². The maximum absolute atomic E-state index is 13.6. The van der Waals surface area contributed by atoms with Crippen LogP contribution >= 0.6 is 11.8 Å². The molecule has 29 heavy (non-hydrogen) atoms. The molecule has 0 unspecified atom stereocenters. The van der Waals surface area contributed by atoms with Crippen LogP contribution in [0, 0.1) is 12.7 Å². The topological polar surface area (TPSA) is 73.3 Å². The van der Waals surface area contributed by atoms with Crippen LogP contribution in [0.4, 0.5) is 10.1 Å². The first-order valence-electron chi connectivity index (χ1n) is 8.75. The molecule has 0 saturated heterocycles. The van der Waals surface area contributed by atoms with Crippen molar-refractivity contribution >= 4 is 23.4 Å². The predicted molar refractivity (Wildman–Crippen MR) is 111 cm³/mol. The van der Waals surface area contributed by atoms with Crippen LogP contribution in [0.3, 0.4) is 0 Å². The molecular weight excluding hydrogens is 393 g/mol. The van der Waals surface area contributed by atoms with Gasteiger partial charge in [0.15, 0.2) is 0 Å². The van der Waals surface area contributed by atoms with E-state index in [4.69, 9.17) is 9.47 Å². The Balaban J connectivity index is 1.63. The molecular formula is C21H20FN3O3S. The van der Waals surface area contributed by atoms with Crippen molar-refractivity contribution in [1.29, 1.82) is 0 Å². The number of anilines is 1. The predicted octanol–water partition coefficient (Wildman–Crippen LogP) is 4.34. The average molecular weight is 413 g/mol. The third-order valence-electron chi connectivity index (χ3n) is 4.13. The number of nitrogens with one attached hydrogen (secondary N) is 1. The third-order valence-corrected chi connectivity index (χ3v) is 5.05. The number of halogens is 1. The molecule has 1 aromatic heterocycles. The summed E-state index contributed by atoms with van der Waals surface area (Å²) in [6, 6.07) is 13.6. The Kier molecular flexibility index (Phi) is 6.66. The maximum atomic E-state index is 13.6. The Morgan fingerprint density at radius 2 is 1.90 bits per heavy atom. The summed E-state index contributed by atoms with van der Waals surface area (Å²) in [6.07, 6.45) is 0. The number of aryl methyl sites for hydroxylation is 1. The van der Waals surface area contributed by atoms with Crippen molar-refractivity contribution in [1.82, 2.24) is 10.2 Å². The number of hydrogen-bond donors (Lipinski definition) is 1. The fourth-order valence-corrected chi connectivity index (χ4v) is 3.18. The smallest absolute Gasteiger partial charge is 0.234 e. The average Bonchev–Trinajstić information content (AvgIpc) is 2.74. The molecule has 6 nitrogen and oxygen atoms in total. The van der Waals surface area contributed by atoms with Crippen molar-refractivity contribution in [3.05, 3.63) is 59.9 Å². The molecule has 3 aromatic rings. The number of carbonyl (C=O) groups is 1. The zero-order chi connectivity index (χ0) is 20.8. The van der Waals surface area contributed by atoms with E-state index in [2.05, 4.69) is 15.5 Å². The molecule has 0 radical (unpaired) electrons. The summed E-state index contributed by atoms with van der Waals surface area (Å²) in [5.74, 6) is 0.866. The zero-order valence-corrected chi connectivity index (χ0v) is 17.0. The first-order chi connectivity index (χ1) is 14.0. The van der Waals surface area contributed by atoms with Gasteiger partial charge in [-0.1, -0.05) is 17.8 Å². The lowest BCUT2D eigenvalue weighted by molar-refractivity contribution is -0.113. The van der Waals surface area contributed by atoms with E-state index in [0.717, 1.165) is 5.56 Å². The van der Waals surface area contributed by atoms with Crippen LogP contribution in [0.1, 0.15) is 5.56 Å². The van der Waals surface area contributed by atoms with Crippen LogP contribution in [0.15, 0.2) is 53.6 Å². The number of carbonyl (C=O) groups excluding carboxylic acids is 1. The van der Waals surface area contributed by atoms with E-state index in [-0.39, 0.29) is 17.5 Å². The molecule has 3 rings (SSSR count). The quantitative estimate of drug-likeness (QED) is 0.581. The third kappa shape index (κ3) is 5.23. The van der Waals surface area contributed by atoms with Gasteiger partial charge in [0.25, 0.3) is 0 Å². The fourth-order valence-electron chi connectivity index (χ4n) is 2.56. The highest BCUT2D eigenvalue weighted by atomic mass is 32.2. The Hall–Kier alpha value is -3.13. The van der Waals surface area contributed by atoms with E-state index in [1.807, 2.05) is 6.07 Å². The molecule has 0 aliphatic heterocycles. The Labute approximate surface area is 172 Å². The molecule has 1 heterocycles. The van der Waals surface area contributed by atoms with Gasteiger partial charge >= 0.3 is 0 Å². The number of hydrogen-bond acceptors (Lipinski definition) is 6. The Bertz CT molecular complexity index is 1010. The normalized spacial score (nSPS) is 10.5. The van der Waals surface area contributed by atoms with Gasteiger partial charge in [0.05, 0.1) is 25.7 Å². The van der Waals surface area contributed by atoms with E-state index in [9.17, 15) is 9.18 Å². The van der Waals surface area contributed by atoms with Gasteiger partial charge in [-0.15, -0.1) is 10.2 Å². The number of aromatic nitrogens is 2. The standard InChI is InChI=1S/C21H20FN3O3S/c1-13-4-5-14(10-17(13)22)23-20(26)12-29-21-9-7-18(24-25-21)16-11-15(27-2)6-8-19(16)28-3/h4-11H,12H2,1-3H3,(H,23,26). The lowest BCUT2D eigenvalue weighted by atomic mass is 10.1. The number of amides is 1. The van der Waals surface area contributed by atoms with E-state index in [1.54, 1.807) is 57.5 Å². The SMILES string of the molecule is COc1ccc(OC)c(-c2ccc(SCC(=O)Nc3ccc(C)c(F)c3)nn2)c1. The van der Waals surface area contributed by atoms with Gasteiger partial charge < -0.3 is 14.8 Å². The molecule has 1 N–H and O–H groups in total. The second-order valence-corrected chi connectivity index (χ2v) is 7.12. The molecule has 150 valence electrons. The Morgan fingerprint density at radius 1 is 1.07 bits per heavy atom. The van der Waals surface area contributed by atoms with Crippen molar-refractivity contribution in [2.45, 2.75) is 11.9 Å². The highest BCUT2D eigenvalue weighted by Crippen LogP contribution is 2.32. The molecule has 0 spiro atoms. The summed E-state index contributed by atoms with van der Waals surface area (Å²) >= 11 is 1.24. The summed E-state index contributed by atoms with van der Waals surface area (Å²) in [4.78, 5) is 12.1. The van der Waals surface area contributed by atoms with Crippen molar-refractivity contribution < 1.29 is 18.7 Å². The lowest BCUT2D eigenvalue weighted by Crippen LogP contribution is -2.14. The van der Waals surface area contributed by atoms with E-state index in [1.165, 1.54) is 17.8 Å². The van der Waals surface area contributed by atoms with Crippen molar-refractivity contribution in [3.63, 3.8) is 0 Å². The summed E-state index contributed by atoms with van der Waals surface area (Å²) in [5.41, 5.74) is 2.34. The largest absolute Gasteiger partial charge is 0.497 e. The molecule has 0 aliphatic rings. The number of methoxy groups -OCH3 is 2. The monoisotopic (exact) mass is 413 g/mol. The lowest BCUT2D eigenvalue weighted by Gasteiger charge is -2.10. The van der Waals surface area contributed by atoms with Crippen molar-refractivity contribution in [3.8, 4) is 22.8 Å². The number of ether oxygens (including phenoxy) is 2. The minimum Gasteiger partial charge on any atom is -0.497 e. The Morgan fingerprint density at radius 3 is 2.55 bits per heavy atom. The van der Waals surface area contributed by atoms with Crippen LogP contribution in [-0.4, -0.2) is 36.1 Å². The van der Waals surface area contributed by atoms with Gasteiger partial charge in [0, 0.05) is 11.3 Å². The minimum atomic E-state index is -0.357. The number of nitrogens with zero attached hydrogens (tertiary/aromatic N) is 2. The molecule has 8 heteroatoms. The number of rotatable bonds is 7. The van der Waals surface area contributed by atoms with Crippen molar-refractivity contribution in [2.24, 2.45) is 0 Å². The van der Waals surface area contributed by atoms with Crippen LogP contribution in [0.25, 0.3) is 11.3 Å². The van der Waals surface area contributed by atoms with Gasteiger partial charge in [-0.2, -0.15) is 0 Å². The number of thioether (sulfide) groups is 1. The van der Waals surface area contributed by atoms with Gasteiger partial charge in [0.2, 0.25) is 5.91 Å². The molecule has 0 saturated carbocycles. The molecule has 1 amide bonds. The van der Waals surface area contributed by atoms with Crippen molar-refractivity contribution in [2.75, 3.05) is 25.3 Å². The maximum Gasteiger partial charge on any atom is 0.234 e. The van der Waals surface area contributed by atoms with Gasteiger partial charge in [-0.3, -0.25) is 4.79 Å². The highest BCUT2D eigenvalue weighted by Gasteiger charge is 2.11. The summed E-state index contributed by atoms with van der Waals surface area (Å²) in [5, 5.41) is 11.7. The number of benzene rings is 2. The highest BCUT2D eigenvalue weighted by molar-refractivity contribution is 7.99. The van der Waals surface area contributed by atoms with Crippen LogP contribution in [-0.2, 0) is 4.79 Å².